The van der Waals surface area contributed by atoms with Crippen LogP contribution in [0, 0.1) is 17.8 Å². The molecule has 3 fully saturated rings. The first-order valence-electron chi connectivity index (χ1n) is 8.81. The van der Waals surface area contributed by atoms with Gasteiger partial charge in [-0.1, -0.05) is 0 Å². The van der Waals surface area contributed by atoms with Crippen LogP contribution in [0.4, 0.5) is 5.69 Å². The Morgan fingerprint density at radius 1 is 1.26 bits per heavy atom. The number of amides is 1. The van der Waals surface area contributed by atoms with Gasteiger partial charge in [-0.15, -0.1) is 0 Å². The van der Waals surface area contributed by atoms with E-state index in [1.165, 1.54) is 12.8 Å². The molecule has 0 aliphatic carbocycles. The number of likely N-dealkylation sites (tertiary alicyclic amines) is 1. The number of hydrogen-bond acceptors (Lipinski definition) is 4. The topological polar surface area (TPSA) is 50.6 Å². The predicted octanol–water partition coefficient (Wildman–Crippen LogP) is 1.13. The van der Waals surface area contributed by atoms with Crippen LogP contribution in [-0.2, 0) is 16.6 Å². The van der Waals surface area contributed by atoms with E-state index in [2.05, 4.69) is 10.00 Å². The largest absolute Gasteiger partial charge is 0.381 e. The van der Waals surface area contributed by atoms with Gasteiger partial charge in [0.1, 0.15) is 0 Å². The molecule has 0 saturated carbocycles. The quantitative estimate of drug-likeness (QED) is 0.838. The van der Waals surface area contributed by atoms with Crippen LogP contribution in [0.25, 0.3) is 0 Å². The smallest absolute Gasteiger partial charge is 0.231 e. The molecule has 0 aromatic carbocycles. The molecule has 4 heterocycles. The molecule has 3 aliphatic rings. The van der Waals surface area contributed by atoms with Crippen LogP contribution in [0.1, 0.15) is 19.3 Å². The Labute approximate surface area is 137 Å². The van der Waals surface area contributed by atoms with Crippen molar-refractivity contribution in [3.63, 3.8) is 0 Å². The first kappa shape index (κ1) is 15.1. The van der Waals surface area contributed by atoms with Gasteiger partial charge in [0.25, 0.3) is 0 Å². The van der Waals surface area contributed by atoms with Crippen molar-refractivity contribution in [1.29, 1.82) is 0 Å². The van der Waals surface area contributed by atoms with Gasteiger partial charge in [-0.2, -0.15) is 5.10 Å². The van der Waals surface area contributed by atoms with Crippen LogP contribution < -0.4 is 4.90 Å². The number of anilines is 1. The highest BCUT2D eigenvalue weighted by atomic mass is 16.5. The normalized spacial score (nSPS) is 30.0. The fourth-order valence-corrected chi connectivity index (χ4v) is 4.39. The molecule has 23 heavy (non-hydrogen) atoms. The molecule has 0 spiro atoms. The summed E-state index contributed by atoms with van der Waals surface area (Å²) in [7, 11) is 1.89. The summed E-state index contributed by atoms with van der Waals surface area (Å²) in [5.74, 6) is 1.75. The molecule has 1 aromatic heterocycles. The number of piperidine rings is 1. The van der Waals surface area contributed by atoms with Crippen LogP contribution in [0.15, 0.2) is 12.4 Å². The van der Waals surface area contributed by atoms with Crippen molar-refractivity contribution < 1.29 is 9.53 Å². The minimum Gasteiger partial charge on any atom is -0.381 e. The Bertz CT molecular complexity index is 567. The highest BCUT2D eigenvalue weighted by Crippen LogP contribution is 2.35. The van der Waals surface area contributed by atoms with Crippen molar-refractivity contribution in [1.82, 2.24) is 14.7 Å². The highest BCUT2D eigenvalue weighted by Gasteiger charge is 2.43. The number of aromatic nitrogens is 2. The van der Waals surface area contributed by atoms with E-state index in [0.29, 0.717) is 11.8 Å². The zero-order valence-electron chi connectivity index (χ0n) is 13.9. The Morgan fingerprint density at radius 3 is 2.83 bits per heavy atom. The minimum atomic E-state index is 0.170. The van der Waals surface area contributed by atoms with Gasteiger partial charge in [-0.05, 0) is 31.1 Å². The molecule has 3 aliphatic heterocycles. The van der Waals surface area contributed by atoms with Crippen molar-refractivity contribution >= 4 is 11.6 Å². The van der Waals surface area contributed by atoms with Gasteiger partial charge in [0, 0.05) is 52.6 Å². The van der Waals surface area contributed by atoms with Gasteiger partial charge >= 0.3 is 0 Å². The second kappa shape index (κ2) is 6.24. The lowest BCUT2D eigenvalue weighted by atomic mass is 9.88. The van der Waals surface area contributed by atoms with Crippen LogP contribution in [0.2, 0.25) is 0 Å². The van der Waals surface area contributed by atoms with Crippen LogP contribution in [0.5, 0.6) is 0 Å². The third-order valence-electron chi connectivity index (χ3n) is 5.68. The van der Waals surface area contributed by atoms with Crippen LogP contribution in [-0.4, -0.2) is 60.0 Å². The van der Waals surface area contributed by atoms with E-state index in [-0.39, 0.29) is 5.92 Å². The Morgan fingerprint density at radius 2 is 2.09 bits per heavy atom. The third-order valence-corrected chi connectivity index (χ3v) is 5.68. The molecule has 4 rings (SSSR count). The van der Waals surface area contributed by atoms with Gasteiger partial charge in [0.15, 0.2) is 0 Å². The minimum absolute atomic E-state index is 0.170. The zero-order chi connectivity index (χ0) is 15.8. The standard InChI is InChI=1S/C17H26N4O2/c1-19-11-15(8-18-19)21-5-2-14-10-20(12-16(14)17(21)22)9-13-3-6-23-7-4-13/h8,11,13-14,16H,2-7,9-10,12H2,1H3/t14-,16-/m1/s1. The van der Waals surface area contributed by atoms with Crippen molar-refractivity contribution in [2.24, 2.45) is 24.8 Å². The van der Waals surface area contributed by atoms with Crippen molar-refractivity contribution in [2.45, 2.75) is 19.3 Å². The number of nitrogens with zero attached hydrogens (tertiary/aromatic N) is 4. The summed E-state index contributed by atoms with van der Waals surface area (Å²) in [5.41, 5.74) is 0.943. The van der Waals surface area contributed by atoms with Crippen molar-refractivity contribution in [2.75, 3.05) is 44.3 Å². The maximum atomic E-state index is 12.9. The van der Waals surface area contributed by atoms with Gasteiger partial charge in [0.2, 0.25) is 5.91 Å². The summed E-state index contributed by atoms with van der Waals surface area (Å²) < 4.78 is 7.22. The molecule has 1 aromatic rings. The maximum absolute atomic E-state index is 12.9. The van der Waals surface area contributed by atoms with Gasteiger partial charge < -0.3 is 14.5 Å². The molecule has 2 atom stereocenters. The lowest BCUT2D eigenvalue weighted by molar-refractivity contribution is -0.124. The van der Waals surface area contributed by atoms with Crippen LogP contribution >= 0.6 is 0 Å². The molecular weight excluding hydrogens is 292 g/mol. The van der Waals surface area contributed by atoms with Gasteiger partial charge in [-0.3, -0.25) is 9.48 Å². The zero-order valence-corrected chi connectivity index (χ0v) is 13.9. The summed E-state index contributed by atoms with van der Waals surface area (Å²) in [5, 5.41) is 4.20. The lowest BCUT2D eigenvalue weighted by Crippen LogP contribution is -2.45. The van der Waals surface area contributed by atoms with Crippen molar-refractivity contribution in [3.05, 3.63) is 12.4 Å². The lowest BCUT2D eigenvalue weighted by Gasteiger charge is -2.32. The first-order valence-corrected chi connectivity index (χ1v) is 8.81. The molecule has 6 heteroatoms. The van der Waals surface area contributed by atoms with Crippen molar-refractivity contribution in [3.8, 4) is 0 Å². The highest BCUT2D eigenvalue weighted by molar-refractivity contribution is 5.96. The monoisotopic (exact) mass is 318 g/mol. The summed E-state index contributed by atoms with van der Waals surface area (Å²) >= 11 is 0. The van der Waals surface area contributed by atoms with E-state index in [1.54, 1.807) is 10.9 Å². The summed E-state index contributed by atoms with van der Waals surface area (Å²) in [4.78, 5) is 17.4. The Hall–Kier alpha value is -1.40. The summed E-state index contributed by atoms with van der Waals surface area (Å²) in [6.07, 6.45) is 7.18. The third kappa shape index (κ3) is 3.02. The molecule has 0 radical (unpaired) electrons. The molecule has 6 nitrogen and oxygen atoms in total. The van der Waals surface area contributed by atoms with E-state index in [1.807, 2.05) is 18.1 Å². The Kier molecular flexibility index (Phi) is 4.11. The van der Waals surface area contributed by atoms with Gasteiger partial charge in [0.05, 0.1) is 17.8 Å². The molecular formula is C17H26N4O2. The van der Waals surface area contributed by atoms with E-state index in [4.69, 9.17) is 4.74 Å². The second-order valence-electron chi connectivity index (χ2n) is 7.29. The van der Waals surface area contributed by atoms with E-state index in [9.17, 15) is 4.79 Å². The average Bonchev–Trinajstić information content (AvgIpc) is 3.15. The molecule has 3 saturated heterocycles. The molecule has 1 amide bonds. The maximum Gasteiger partial charge on any atom is 0.231 e. The number of hydrogen-bond donors (Lipinski definition) is 0. The number of rotatable bonds is 3. The predicted molar refractivity (Wildman–Crippen MR) is 87.1 cm³/mol. The Balaban J connectivity index is 1.40. The van der Waals surface area contributed by atoms with Gasteiger partial charge in [-0.25, -0.2) is 0 Å². The summed E-state index contributed by atoms with van der Waals surface area (Å²) in [6.45, 7) is 5.79. The van der Waals surface area contributed by atoms with E-state index >= 15 is 0 Å². The summed E-state index contributed by atoms with van der Waals surface area (Å²) in [6, 6.07) is 0. The fourth-order valence-electron chi connectivity index (χ4n) is 4.39. The molecule has 0 bridgehead atoms. The van der Waals surface area contributed by atoms with E-state index in [0.717, 1.165) is 57.4 Å². The van der Waals surface area contributed by atoms with E-state index < -0.39 is 0 Å². The SMILES string of the molecule is Cn1cc(N2CC[C@@H]3CN(CC4CCOCC4)C[C@H]3C2=O)cn1. The number of aryl methyl sites for hydroxylation is 1. The number of fused-ring (bicyclic) bond motifs is 1. The number of carbonyl (C=O) groups is 1. The fraction of sp³-hybridized carbons (Fsp3) is 0.765. The molecule has 0 N–H and O–H groups in total. The molecule has 126 valence electrons. The number of ether oxygens (including phenoxy) is 1. The molecule has 0 unspecified atom stereocenters. The number of carbonyl (C=O) groups excluding carboxylic acids is 1. The average molecular weight is 318 g/mol. The second-order valence-corrected chi connectivity index (χ2v) is 7.29. The van der Waals surface area contributed by atoms with Crippen LogP contribution in [0.3, 0.4) is 0 Å². The first-order chi connectivity index (χ1) is 11.2.